The fourth-order valence-corrected chi connectivity index (χ4v) is 8.35. The molecule has 0 fully saturated rings. The third kappa shape index (κ3) is 51.6. The highest BCUT2D eigenvalue weighted by Crippen LogP contribution is 2.38. The number of hydrogen-bond acceptors (Lipinski definition) is 15. The summed E-state index contributed by atoms with van der Waals surface area (Å²) < 4.78 is 76.3. The van der Waals surface area contributed by atoms with Crippen molar-refractivity contribution in [1.82, 2.24) is 16.0 Å². The third-order valence-corrected chi connectivity index (χ3v) is 14.1. The molecule has 4 atom stereocenters. The molecule has 0 saturated heterocycles. The number of amides is 3. The number of nitrogens with one attached hydrogen (secondary N) is 4. The average Bonchev–Trinajstić information content (AvgIpc) is 3.30. The number of quaternary nitrogens is 2. The Kier molecular flexibility index (Phi) is 41.1. The monoisotopic (exact) mass is 1170 g/mol. The fourth-order valence-electron chi connectivity index (χ4n) is 6.91. The van der Waals surface area contributed by atoms with E-state index in [2.05, 4.69) is 42.5 Å². The second-order valence-electron chi connectivity index (χ2n) is 22.8. The number of phosphoric acid groups is 1. The molecule has 0 aliphatic rings. The predicted octanol–water partition coefficient (Wildman–Crippen LogP) is 6.63. The van der Waals surface area contributed by atoms with Gasteiger partial charge in [-0.25, -0.2) is 9.59 Å². The summed E-state index contributed by atoms with van der Waals surface area (Å²) in [5.74, 6) is -5.50. The number of aliphatic carboxylic acids is 1. The maximum Gasteiger partial charge on any atom is 0.490 e. The van der Waals surface area contributed by atoms with Crippen molar-refractivity contribution in [3.8, 4) is 0 Å². The Morgan fingerprint density at radius 1 is 0.692 bits per heavy atom. The highest BCUT2D eigenvalue weighted by atomic mass is 31.2. The normalized spacial score (nSPS) is 13.8. The molecule has 0 saturated carbocycles. The number of carboxylic acid groups (broad SMARTS) is 1. The van der Waals surface area contributed by atoms with Crippen molar-refractivity contribution in [3.05, 3.63) is 0 Å². The molecule has 0 aliphatic carbocycles. The summed E-state index contributed by atoms with van der Waals surface area (Å²) in [6.45, 7) is 14.3. The zero-order valence-electron chi connectivity index (χ0n) is 49.0. The van der Waals surface area contributed by atoms with E-state index < -0.39 is 94.8 Å². The first-order valence-corrected chi connectivity index (χ1v) is 32.9. The summed E-state index contributed by atoms with van der Waals surface area (Å²) in [5.41, 5.74) is -0.794. The van der Waals surface area contributed by atoms with Gasteiger partial charge in [0.2, 0.25) is 11.8 Å². The van der Waals surface area contributed by atoms with Gasteiger partial charge < -0.3 is 63.3 Å². The number of carbonyl (C=O) groups is 7. The Labute approximate surface area is 464 Å². The van der Waals surface area contributed by atoms with E-state index in [-0.39, 0.29) is 39.0 Å². The van der Waals surface area contributed by atoms with Crippen LogP contribution in [-0.2, 0) is 61.3 Å². The van der Waals surface area contributed by atoms with Crippen LogP contribution < -0.4 is 25.7 Å². The Morgan fingerprint density at radius 3 is 1.72 bits per heavy atom. The number of halogens is 3. The third-order valence-electron chi connectivity index (χ3n) is 11.4. The van der Waals surface area contributed by atoms with Gasteiger partial charge in [0.25, 0.3) is 7.82 Å². The number of nitrogens with zero attached hydrogens (tertiary/aromatic N) is 1. The number of esters is 3. The van der Waals surface area contributed by atoms with Gasteiger partial charge in [-0.15, -0.1) is 0 Å². The molecule has 0 aliphatic heterocycles. The molecule has 26 heteroatoms. The largest absolute Gasteiger partial charge is 0.756 e. The Morgan fingerprint density at radius 2 is 1.21 bits per heavy atom. The van der Waals surface area contributed by atoms with Gasteiger partial charge in [-0.2, -0.15) is 13.2 Å². The fraction of sp³-hybridized carbons (Fsp3) is 0.865. The lowest BCUT2D eigenvalue weighted by Crippen LogP contribution is -3.09. The SMILES string of the molecule is CCCCCCCCCCCCCCCC(=O)OC[C@H](COP(=O)([O-])OCC[N+](C)(C)C)OC(=O)CCCC[NH+](C)CCCC[C@H](NC(=O)OC(C)(C)C)C(=O)NCC(=O)NCC(=O)OCC[Si](C)(C)C.O=C(O)C(F)(F)F. The van der Waals surface area contributed by atoms with Crippen LogP contribution in [0.1, 0.15) is 156 Å². The quantitative estimate of drug-likeness (QED) is 0.0107. The number of ether oxygens (including phenoxy) is 4. The molecule has 458 valence electrons. The Bertz CT molecular complexity index is 1770. The van der Waals surface area contributed by atoms with Crippen LogP contribution in [0.15, 0.2) is 0 Å². The van der Waals surface area contributed by atoms with Gasteiger partial charge in [0, 0.05) is 20.9 Å². The summed E-state index contributed by atoms with van der Waals surface area (Å²) in [5, 5.41) is 14.7. The first kappa shape index (κ1) is 76.2. The number of carboxylic acids is 1. The van der Waals surface area contributed by atoms with E-state index in [1.807, 2.05) is 28.2 Å². The number of alkyl halides is 3. The number of phosphoric ester groups is 1. The van der Waals surface area contributed by atoms with Crippen LogP contribution in [0.25, 0.3) is 0 Å². The molecule has 0 spiro atoms. The predicted molar refractivity (Wildman–Crippen MR) is 290 cm³/mol. The molecular weight excluding hydrogens is 1070 g/mol. The first-order chi connectivity index (χ1) is 36.1. The molecule has 0 radical (unpaired) electrons. The van der Waals surface area contributed by atoms with E-state index >= 15 is 0 Å². The number of alkyl carbamates (subject to hydrolysis) is 1. The van der Waals surface area contributed by atoms with E-state index in [0.29, 0.717) is 49.7 Å². The van der Waals surface area contributed by atoms with Crippen LogP contribution in [0, 0.1) is 0 Å². The minimum atomic E-state index is -5.08. The summed E-state index contributed by atoms with van der Waals surface area (Å²) >= 11 is 0. The van der Waals surface area contributed by atoms with Crippen molar-refractivity contribution < 1.29 is 98.7 Å². The maximum atomic E-state index is 13.1. The van der Waals surface area contributed by atoms with Gasteiger partial charge in [-0.3, -0.25) is 28.5 Å². The van der Waals surface area contributed by atoms with Gasteiger partial charge in [0.15, 0.2) is 6.10 Å². The van der Waals surface area contributed by atoms with Crippen molar-refractivity contribution in [1.29, 1.82) is 0 Å². The molecule has 0 aromatic heterocycles. The summed E-state index contributed by atoms with van der Waals surface area (Å²) in [6, 6.07) is -0.169. The lowest BCUT2D eigenvalue weighted by Gasteiger charge is -2.28. The molecule has 0 bridgehead atoms. The van der Waals surface area contributed by atoms with Gasteiger partial charge in [-0.1, -0.05) is 104 Å². The van der Waals surface area contributed by atoms with E-state index in [1.54, 1.807) is 20.8 Å². The number of likely N-dealkylation sites (N-methyl/N-ethyl adjacent to an activating group) is 1. The minimum absolute atomic E-state index is 0.0552. The summed E-state index contributed by atoms with van der Waals surface area (Å²) in [4.78, 5) is 98.2. The molecule has 78 heavy (non-hydrogen) atoms. The second kappa shape index (κ2) is 42.0. The van der Waals surface area contributed by atoms with E-state index in [4.69, 9.17) is 37.9 Å². The van der Waals surface area contributed by atoms with Gasteiger partial charge in [0.05, 0.1) is 61.0 Å². The Balaban J connectivity index is 0. The molecular formula is C52H100F3N5O16PSi+. The maximum absolute atomic E-state index is 13.1. The number of hydrogen-bond donors (Lipinski definition) is 5. The molecule has 2 unspecified atom stereocenters. The van der Waals surface area contributed by atoms with Crippen molar-refractivity contribution in [2.75, 3.05) is 87.3 Å². The number of rotatable bonds is 43. The van der Waals surface area contributed by atoms with Crippen LogP contribution in [0.5, 0.6) is 0 Å². The highest BCUT2D eigenvalue weighted by Gasteiger charge is 2.38. The lowest BCUT2D eigenvalue weighted by molar-refractivity contribution is -0.880. The van der Waals surface area contributed by atoms with Crippen molar-refractivity contribution in [3.63, 3.8) is 0 Å². The zero-order valence-corrected chi connectivity index (χ0v) is 50.9. The highest BCUT2D eigenvalue weighted by molar-refractivity contribution is 7.45. The molecule has 0 aromatic rings. The van der Waals surface area contributed by atoms with Gasteiger partial charge >= 0.3 is 36.1 Å². The topological polar surface area (TPSA) is 276 Å². The van der Waals surface area contributed by atoms with Crippen molar-refractivity contribution in [2.24, 2.45) is 0 Å². The van der Waals surface area contributed by atoms with Crippen LogP contribution in [0.3, 0.4) is 0 Å². The van der Waals surface area contributed by atoms with Crippen LogP contribution in [0.4, 0.5) is 18.0 Å². The average molecular weight is 1170 g/mol. The van der Waals surface area contributed by atoms with E-state index in [9.17, 15) is 51.4 Å². The summed E-state index contributed by atoms with van der Waals surface area (Å²) in [6.07, 6.45) is 11.4. The first-order valence-electron chi connectivity index (χ1n) is 27.7. The van der Waals surface area contributed by atoms with Gasteiger partial charge in [-0.05, 0) is 65.3 Å². The smallest absolute Gasteiger partial charge is 0.490 e. The van der Waals surface area contributed by atoms with Crippen LogP contribution in [0.2, 0.25) is 25.7 Å². The van der Waals surface area contributed by atoms with E-state index in [1.165, 1.54) is 62.7 Å². The number of unbranched alkanes of at least 4 members (excludes halogenated alkanes) is 14. The summed E-state index contributed by atoms with van der Waals surface area (Å²) in [7, 11) is 1.58. The van der Waals surface area contributed by atoms with E-state index in [0.717, 1.165) is 38.4 Å². The lowest BCUT2D eigenvalue weighted by atomic mass is 10.0. The van der Waals surface area contributed by atoms with Crippen molar-refractivity contribution >= 4 is 57.7 Å². The van der Waals surface area contributed by atoms with Crippen LogP contribution in [-0.4, -0.2) is 171 Å². The molecule has 5 N–H and O–H groups in total. The standard InChI is InChI=1S/C50H98N5O14PSi.C2HF3O2/c1-12-13-14-15-16-17-18-19-20-21-22-23-24-30-45(57)65-40-42(41-67-70(62,63)66-35-34-55(6,7)8)68-46(58)31-26-28-33-54(5)32-27-25-29-43(53-49(61)69-50(2,3)4)48(60)52-38-44(56)51-39-47(59)64-36-37-71(9,10)11;3-2(4,5)1(6)7/h42-43H,12-41H2,1-11H3,(H3-,51,52,53,56,60,61,62,63);(H,6,7)/p+1/t42-,43+;/m1./s1. The zero-order chi connectivity index (χ0) is 59.9. The van der Waals surface area contributed by atoms with Crippen molar-refractivity contribution in [2.45, 2.75) is 206 Å². The molecule has 0 aromatic carbocycles. The second-order valence-corrected chi connectivity index (χ2v) is 29.8. The van der Waals surface area contributed by atoms with Crippen LogP contribution >= 0.6 is 7.82 Å². The van der Waals surface area contributed by atoms with Gasteiger partial charge in [0.1, 0.15) is 37.9 Å². The Hall–Kier alpha value is -3.87. The molecule has 0 rings (SSSR count). The number of carbonyl (C=O) groups excluding carboxylic acids is 6. The molecule has 3 amide bonds. The molecule has 0 heterocycles. The molecule has 21 nitrogen and oxygen atoms in total. The minimum Gasteiger partial charge on any atom is -0.756 e.